The first-order chi connectivity index (χ1) is 32.2. The molecule has 8 N–H and O–H groups in total. The van der Waals surface area contributed by atoms with E-state index in [0.717, 1.165) is 0 Å². The molecule has 1 saturated heterocycles. The number of aromatic amines is 2. The van der Waals surface area contributed by atoms with Crippen LogP contribution < -0.4 is 32.2 Å². The number of carbonyl (C=O) groups is 4. The molecule has 2 aromatic carbocycles. The van der Waals surface area contributed by atoms with Crippen molar-refractivity contribution in [3.8, 4) is 11.5 Å². The first-order valence-corrected chi connectivity index (χ1v) is 21.5. The van der Waals surface area contributed by atoms with Crippen LogP contribution in [0.4, 0.5) is 0 Å². The van der Waals surface area contributed by atoms with Gasteiger partial charge < -0.3 is 64.5 Å². The van der Waals surface area contributed by atoms with Gasteiger partial charge in [-0.05, 0) is 64.1 Å². The normalized spacial score (nSPS) is 18.0. The lowest BCUT2D eigenvalue weighted by atomic mass is 10.1. The highest BCUT2D eigenvalue weighted by Crippen LogP contribution is 2.29. The van der Waals surface area contributed by atoms with Gasteiger partial charge in [-0.1, -0.05) is 12.2 Å². The Morgan fingerprint density at radius 2 is 1.30 bits per heavy atom. The number of rotatable bonds is 19. The van der Waals surface area contributed by atoms with Crippen molar-refractivity contribution in [1.82, 2.24) is 38.7 Å². The van der Waals surface area contributed by atoms with Crippen LogP contribution in [0.5, 0.6) is 11.5 Å². The third-order valence-electron chi connectivity index (χ3n) is 11.0. The van der Waals surface area contributed by atoms with Crippen LogP contribution in [0.2, 0.25) is 0 Å². The Labute approximate surface area is 382 Å². The zero-order valence-electron chi connectivity index (χ0n) is 37.9. The maximum atomic E-state index is 13.8. The van der Waals surface area contributed by atoms with Gasteiger partial charge in [0.25, 0.3) is 11.8 Å². The van der Waals surface area contributed by atoms with Crippen molar-refractivity contribution < 1.29 is 53.1 Å². The number of aliphatic hydroxyl groups is 2. The number of amides is 4. The predicted octanol–water partition coefficient (Wildman–Crippen LogP) is 1.13. The van der Waals surface area contributed by atoms with Crippen molar-refractivity contribution in [2.45, 2.75) is 84.9 Å². The van der Waals surface area contributed by atoms with Gasteiger partial charge in [0, 0.05) is 50.8 Å². The van der Waals surface area contributed by atoms with Crippen molar-refractivity contribution >= 4 is 45.7 Å². The quantitative estimate of drug-likeness (QED) is 0.0491. The van der Waals surface area contributed by atoms with Crippen LogP contribution in [0.3, 0.4) is 0 Å². The van der Waals surface area contributed by atoms with E-state index in [1.807, 2.05) is 13.8 Å². The molecule has 356 valence electrons. The lowest BCUT2D eigenvalue weighted by Gasteiger charge is -2.19. The minimum absolute atomic E-state index is 0.0730. The molecular weight excluding hydrogens is 873 g/mol. The van der Waals surface area contributed by atoms with Crippen LogP contribution in [-0.4, -0.2) is 131 Å². The Morgan fingerprint density at radius 1 is 0.791 bits per heavy atom. The molecule has 1 aliphatic heterocycles. The number of hydrogen-bond donors (Lipinski definition) is 6. The molecule has 0 spiro atoms. The van der Waals surface area contributed by atoms with Gasteiger partial charge >= 0.3 is 0 Å². The van der Waals surface area contributed by atoms with Crippen LogP contribution in [0.25, 0.3) is 22.1 Å². The monoisotopic (exact) mass is 926 g/mol. The maximum absolute atomic E-state index is 13.8. The fourth-order valence-electron chi connectivity index (χ4n) is 7.90. The number of nitrogens with two attached hydrogens (primary N) is 2. The summed E-state index contributed by atoms with van der Waals surface area (Å²) in [7, 11) is 2.85. The second kappa shape index (κ2) is 20.6. The number of aromatic nitrogens is 8. The highest BCUT2D eigenvalue weighted by atomic mass is 16.7. The van der Waals surface area contributed by atoms with Crippen LogP contribution in [0.15, 0.2) is 58.5 Å². The van der Waals surface area contributed by atoms with E-state index >= 15 is 0 Å². The number of hydrogen-bond acceptors (Lipinski definition) is 13. The molecule has 0 saturated carbocycles. The first kappa shape index (κ1) is 47.8. The third kappa shape index (κ3) is 10.00. The summed E-state index contributed by atoms with van der Waals surface area (Å²) in [5.74, 6) is -2.01. The van der Waals surface area contributed by atoms with E-state index in [9.17, 15) is 29.4 Å². The molecule has 5 heterocycles. The molecule has 0 unspecified atom stereocenters. The fraction of sp³-hybridized carbons (Fsp3) is 0.409. The number of ether oxygens (including phenoxy) is 5. The van der Waals surface area contributed by atoms with Crippen molar-refractivity contribution in [3.63, 3.8) is 0 Å². The summed E-state index contributed by atoms with van der Waals surface area (Å²) in [6.45, 7) is 8.11. The molecule has 1 aliphatic rings. The van der Waals surface area contributed by atoms with Gasteiger partial charge in [-0.25, -0.2) is 0 Å². The number of allylic oxidation sites excluding steroid dienone is 2. The Hall–Kier alpha value is -7.18. The Kier molecular flexibility index (Phi) is 14.7. The average molecular weight is 927 g/mol. The molecule has 0 bridgehead atoms. The average Bonchev–Trinajstić information content (AvgIpc) is 4.12. The summed E-state index contributed by atoms with van der Waals surface area (Å²) < 4.78 is 35.2. The van der Waals surface area contributed by atoms with Gasteiger partial charge in [-0.15, -0.1) is 0 Å². The van der Waals surface area contributed by atoms with E-state index in [4.69, 9.17) is 35.2 Å². The van der Waals surface area contributed by atoms with E-state index < -0.39 is 54.8 Å². The molecule has 23 heteroatoms. The second-order valence-corrected chi connectivity index (χ2v) is 15.6. The lowest BCUT2D eigenvalue weighted by Crippen LogP contribution is -2.37. The lowest BCUT2D eigenvalue weighted by molar-refractivity contribution is -0.165. The minimum Gasteiger partial charge on any atom is -0.494 e. The third-order valence-corrected chi connectivity index (χ3v) is 11.0. The number of fused-ring (bicyclic) bond motifs is 2. The van der Waals surface area contributed by atoms with Crippen molar-refractivity contribution in [2.24, 2.45) is 21.5 Å². The topological polar surface area (TPSA) is 309 Å². The molecule has 7 rings (SSSR count). The smallest absolute Gasteiger partial charge is 0.298 e. The summed E-state index contributed by atoms with van der Waals surface area (Å²) in [6.07, 6.45) is 0.207. The van der Waals surface area contributed by atoms with E-state index in [-0.39, 0.29) is 65.8 Å². The number of carbonyl (C=O) groups excluding carboxylic acids is 4. The number of nitrogens with zero attached hydrogens (tertiary/aromatic N) is 8. The standard InChI is InChI=1S/C44H54N12O11/c1-7-55-29(16-23(3)51-55)40(61)49-43-47-27-18-25(38(45)59)20-31(63-5)34(27)53(43)12-9-10-13-54-35-28(48-44(54)50-41(62)30-17-24(4)52-56(30)8-2)19-26(39(46)60)21-32(35)65-14-11-15-66-37-36(58)33(22-57)67-42(37)64-6/h9-10,16-21,33,36-37,42,57-58H,7-8,11-15,22H2,1-6H3,(H2,45,59)(H2,46,60)(H,47,49,61)(H,48,50,62)/b10-9+/t33-,36-,37-,42-/m1/s1. The number of methoxy groups -OCH3 is 2. The molecule has 0 radical (unpaired) electrons. The summed E-state index contributed by atoms with van der Waals surface area (Å²) in [6, 6.07) is 9.37. The Bertz CT molecular complexity index is 3000. The van der Waals surface area contributed by atoms with Gasteiger partial charge in [0.2, 0.25) is 23.1 Å². The second-order valence-electron chi connectivity index (χ2n) is 15.6. The predicted molar refractivity (Wildman–Crippen MR) is 239 cm³/mol. The number of aryl methyl sites for hydroxylation is 4. The summed E-state index contributed by atoms with van der Waals surface area (Å²) in [5, 5.41) is 28.9. The highest BCUT2D eigenvalue weighted by molar-refractivity contribution is 5.99. The minimum atomic E-state index is -1.12. The van der Waals surface area contributed by atoms with Crippen LogP contribution in [0, 0.1) is 13.8 Å². The van der Waals surface area contributed by atoms with Crippen LogP contribution in [0.1, 0.15) is 73.3 Å². The number of imidazole rings is 2. The number of nitrogens with one attached hydrogen (secondary N) is 2. The first-order valence-electron chi connectivity index (χ1n) is 21.5. The Balaban J connectivity index is 1.27. The van der Waals surface area contributed by atoms with Crippen molar-refractivity contribution in [1.29, 1.82) is 0 Å². The largest absolute Gasteiger partial charge is 0.494 e. The molecule has 23 nitrogen and oxygen atoms in total. The zero-order valence-corrected chi connectivity index (χ0v) is 37.9. The zero-order chi connectivity index (χ0) is 48.1. The molecule has 0 aliphatic carbocycles. The number of aliphatic hydroxyl groups excluding tert-OH is 2. The number of H-pyrrole nitrogens is 2. The van der Waals surface area contributed by atoms with Crippen molar-refractivity contribution in [3.05, 3.63) is 93.7 Å². The number of benzene rings is 2. The van der Waals surface area contributed by atoms with E-state index in [1.165, 1.54) is 32.4 Å². The van der Waals surface area contributed by atoms with Crippen LogP contribution in [-0.2, 0) is 40.4 Å². The van der Waals surface area contributed by atoms with E-state index in [2.05, 4.69) is 30.2 Å². The summed E-state index contributed by atoms with van der Waals surface area (Å²) >= 11 is 0. The molecule has 4 amide bonds. The van der Waals surface area contributed by atoms with Crippen LogP contribution >= 0.6 is 0 Å². The Morgan fingerprint density at radius 3 is 1.76 bits per heavy atom. The van der Waals surface area contributed by atoms with Crippen molar-refractivity contribution in [2.75, 3.05) is 34.0 Å². The maximum Gasteiger partial charge on any atom is 0.298 e. The van der Waals surface area contributed by atoms with Gasteiger partial charge in [0.05, 0.1) is 49.4 Å². The molecule has 67 heavy (non-hydrogen) atoms. The summed E-state index contributed by atoms with van der Waals surface area (Å²) in [5.41, 5.74) is 15.6. The van der Waals surface area contributed by atoms with Gasteiger partial charge in [-0.2, -0.15) is 20.2 Å². The fourth-order valence-corrected chi connectivity index (χ4v) is 7.90. The van der Waals surface area contributed by atoms with Gasteiger partial charge in [-0.3, -0.25) is 28.5 Å². The molecule has 6 aromatic rings. The van der Waals surface area contributed by atoms with Gasteiger partial charge in [0.1, 0.15) is 52.2 Å². The molecular formula is C44H54N12O11. The summed E-state index contributed by atoms with van der Waals surface area (Å²) in [4.78, 5) is 67.6. The van der Waals surface area contributed by atoms with E-state index in [1.54, 1.807) is 62.7 Å². The highest BCUT2D eigenvalue weighted by Gasteiger charge is 2.44. The molecule has 1 fully saturated rings. The van der Waals surface area contributed by atoms with E-state index in [0.29, 0.717) is 58.7 Å². The molecule has 4 atom stereocenters. The van der Waals surface area contributed by atoms with Gasteiger partial charge in [0.15, 0.2) is 6.29 Å². The molecule has 4 aromatic heterocycles. The number of primary amides is 2. The SMILES string of the molecule is CCn1nc(C)cc1C(=O)/N=c1/[nH]c2cc(C(N)=O)cc(OC)c2n1C/C=C/Cn1/c(=N/C(=O)c2cc(C)nn2CC)[nH]c2cc(C(N)=O)cc(OCCCO[C@H]3[C@H](OC)O[C@H](CO)[C@H]3O)c21.